The fourth-order valence-corrected chi connectivity index (χ4v) is 2.87. The zero-order valence-electron chi connectivity index (χ0n) is 12.6. The number of amides is 2. The first-order chi connectivity index (χ1) is 9.72. The van der Waals surface area contributed by atoms with E-state index in [2.05, 4.69) is 11.9 Å². The van der Waals surface area contributed by atoms with Gasteiger partial charge in [0.05, 0.1) is 12.5 Å². The zero-order chi connectivity index (χ0) is 14.4. The lowest BCUT2D eigenvalue weighted by Gasteiger charge is -2.33. The molecule has 0 radical (unpaired) electrons. The predicted molar refractivity (Wildman–Crippen MR) is 85.5 cm³/mol. The second kappa shape index (κ2) is 9.05. The number of nitrogens with zero attached hydrogens (tertiary/aromatic N) is 2. The Labute approximate surface area is 133 Å². The second-order valence-corrected chi connectivity index (χ2v) is 5.55. The number of likely N-dealkylation sites (tertiary alicyclic amines) is 1. The van der Waals surface area contributed by atoms with Gasteiger partial charge in [0.15, 0.2) is 0 Å². The van der Waals surface area contributed by atoms with E-state index >= 15 is 0 Å². The number of nitrogens with one attached hydrogen (secondary N) is 1. The Hall–Kier alpha value is -1.07. The van der Waals surface area contributed by atoms with Crippen molar-refractivity contribution in [1.29, 1.82) is 0 Å². The van der Waals surface area contributed by atoms with Crippen molar-refractivity contribution in [2.24, 2.45) is 0 Å². The Morgan fingerprint density at radius 2 is 2.05 bits per heavy atom. The fourth-order valence-electron chi connectivity index (χ4n) is 2.87. The largest absolute Gasteiger partial charge is 0.343 e. The molecule has 0 aromatic carbocycles. The Morgan fingerprint density at radius 3 is 2.71 bits per heavy atom. The predicted octanol–water partition coefficient (Wildman–Crippen LogP) is 1.19. The molecule has 1 atom stereocenters. The van der Waals surface area contributed by atoms with E-state index in [9.17, 15) is 9.59 Å². The van der Waals surface area contributed by atoms with Gasteiger partial charge in [-0.1, -0.05) is 6.08 Å². The van der Waals surface area contributed by atoms with E-state index in [1.807, 2.05) is 15.9 Å². The molecule has 21 heavy (non-hydrogen) atoms. The average molecular weight is 316 g/mol. The van der Waals surface area contributed by atoms with Crippen LogP contribution in [-0.2, 0) is 9.59 Å². The van der Waals surface area contributed by atoms with E-state index in [-0.39, 0.29) is 30.3 Å². The quantitative estimate of drug-likeness (QED) is 0.592. The van der Waals surface area contributed by atoms with Crippen LogP contribution in [0.2, 0.25) is 0 Å². The van der Waals surface area contributed by atoms with E-state index < -0.39 is 0 Å². The first-order valence-corrected chi connectivity index (χ1v) is 7.63. The van der Waals surface area contributed by atoms with Gasteiger partial charge in [-0.25, -0.2) is 0 Å². The molecule has 2 saturated heterocycles. The fraction of sp³-hybridized carbons (Fsp3) is 0.733. The number of hydrogen-bond donors (Lipinski definition) is 1. The highest BCUT2D eigenvalue weighted by Gasteiger charge is 2.31. The lowest BCUT2D eigenvalue weighted by Crippen LogP contribution is -2.56. The molecule has 0 aromatic heterocycles. The molecule has 0 bridgehead atoms. The molecular formula is C15H26ClN3O2. The summed E-state index contributed by atoms with van der Waals surface area (Å²) in [6.07, 6.45) is 6.23. The monoisotopic (exact) mass is 315 g/mol. The SMILES string of the molecule is C=CCCCN1CCNC(CC(=O)N2CCCC2)C1=O.Cl. The lowest BCUT2D eigenvalue weighted by atomic mass is 10.1. The van der Waals surface area contributed by atoms with Crippen molar-refractivity contribution < 1.29 is 9.59 Å². The van der Waals surface area contributed by atoms with Crippen molar-refractivity contribution in [2.75, 3.05) is 32.7 Å². The van der Waals surface area contributed by atoms with Crippen LogP contribution < -0.4 is 5.32 Å². The molecule has 0 spiro atoms. The summed E-state index contributed by atoms with van der Waals surface area (Å²) in [5.41, 5.74) is 0. The number of carbonyl (C=O) groups excluding carboxylic acids is 2. The van der Waals surface area contributed by atoms with Crippen molar-refractivity contribution in [3.8, 4) is 0 Å². The maximum Gasteiger partial charge on any atom is 0.240 e. The van der Waals surface area contributed by atoms with Gasteiger partial charge in [0.25, 0.3) is 0 Å². The summed E-state index contributed by atoms with van der Waals surface area (Å²) in [6, 6.07) is -0.333. The van der Waals surface area contributed by atoms with Crippen LogP contribution in [0, 0.1) is 0 Å². The van der Waals surface area contributed by atoms with E-state index in [1.54, 1.807) is 0 Å². The van der Waals surface area contributed by atoms with Gasteiger partial charge in [-0.3, -0.25) is 9.59 Å². The van der Waals surface area contributed by atoms with Crippen LogP contribution in [0.15, 0.2) is 12.7 Å². The van der Waals surface area contributed by atoms with Crippen molar-refractivity contribution >= 4 is 24.2 Å². The molecule has 5 nitrogen and oxygen atoms in total. The maximum atomic E-state index is 12.3. The van der Waals surface area contributed by atoms with Gasteiger partial charge in [-0.15, -0.1) is 19.0 Å². The molecule has 2 aliphatic heterocycles. The molecular weight excluding hydrogens is 290 g/mol. The van der Waals surface area contributed by atoms with Crippen molar-refractivity contribution in [3.05, 3.63) is 12.7 Å². The molecule has 2 fully saturated rings. The van der Waals surface area contributed by atoms with Crippen molar-refractivity contribution in [3.63, 3.8) is 0 Å². The van der Waals surface area contributed by atoms with Gasteiger partial charge >= 0.3 is 0 Å². The maximum absolute atomic E-state index is 12.3. The normalized spacial score (nSPS) is 22.1. The molecule has 6 heteroatoms. The minimum Gasteiger partial charge on any atom is -0.343 e. The van der Waals surface area contributed by atoms with Crippen LogP contribution >= 0.6 is 12.4 Å². The summed E-state index contributed by atoms with van der Waals surface area (Å²) in [7, 11) is 0. The smallest absolute Gasteiger partial charge is 0.240 e. The van der Waals surface area contributed by atoms with E-state index in [1.165, 1.54) is 0 Å². The summed E-state index contributed by atoms with van der Waals surface area (Å²) < 4.78 is 0. The van der Waals surface area contributed by atoms with Crippen LogP contribution in [0.1, 0.15) is 32.1 Å². The van der Waals surface area contributed by atoms with E-state index in [0.717, 1.165) is 58.4 Å². The minimum absolute atomic E-state index is 0. The number of piperazine rings is 1. The lowest BCUT2D eigenvalue weighted by molar-refractivity contribution is -0.140. The first-order valence-electron chi connectivity index (χ1n) is 7.63. The van der Waals surface area contributed by atoms with Gasteiger partial charge in [-0.2, -0.15) is 0 Å². The Balaban J connectivity index is 0.00000220. The molecule has 2 heterocycles. The molecule has 0 aliphatic carbocycles. The number of hydrogen-bond acceptors (Lipinski definition) is 3. The zero-order valence-corrected chi connectivity index (χ0v) is 13.4. The third-order valence-corrected chi connectivity index (χ3v) is 4.06. The molecule has 2 rings (SSSR count). The second-order valence-electron chi connectivity index (χ2n) is 5.55. The van der Waals surface area contributed by atoms with Crippen LogP contribution in [-0.4, -0.2) is 60.4 Å². The topological polar surface area (TPSA) is 52.7 Å². The van der Waals surface area contributed by atoms with Gasteiger partial charge in [0, 0.05) is 32.7 Å². The molecule has 2 amide bonds. The van der Waals surface area contributed by atoms with Gasteiger partial charge in [0.1, 0.15) is 0 Å². The summed E-state index contributed by atoms with van der Waals surface area (Å²) in [6.45, 7) is 7.68. The van der Waals surface area contributed by atoms with Crippen LogP contribution in [0.4, 0.5) is 0 Å². The molecule has 0 aromatic rings. The highest BCUT2D eigenvalue weighted by Crippen LogP contribution is 2.13. The van der Waals surface area contributed by atoms with Crippen LogP contribution in [0.3, 0.4) is 0 Å². The van der Waals surface area contributed by atoms with Crippen molar-refractivity contribution in [1.82, 2.24) is 15.1 Å². The molecule has 1 unspecified atom stereocenters. The van der Waals surface area contributed by atoms with Gasteiger partial charge < -0.3 is 15.1 Å². The third-order valence-electron chi connectivity index (χ3n) is 4.06. The standard InChI is InChI=1S/C15H25N3O2.ClH/c1-2-3-4-10-18-11-7-16-13(15(18)20)12-14(19)17-8-5-6-9-17;/h2,13,16H,1,3-12H2;1H. The van der Waals surface area contributed by atoms with Crippen LogP contribution in [0.25, 0.3) is 0 Å². The highest BCUT2D eigenvalue weighted by molar-refractivity contribution is 5.89. The summed E-state index contributed by atoms with van der Waals surface area (Å²) in [4.78, 5) is 28.2. The minimum atomic E-state index is -0.333. The number of carbonyl (C=O) groups is 2. The number of rotatable bonds is 6. The van der Waals surface area contributed by atoms with Crippen molar-refractivity contribution in [2.45, 2.75) is 38.1 Å². The average Bonchev–Trinajstić information content (AvgIpc) is 2.97. The van der Waals surface area contributed by atoms with E-state index in [4.69, 9.17) is 0 Å². The molecule has 1 N–H and O–H groups in total. The third kappa shape index (κ3) is 5.00. The Bertz CT molecular complexity index is 370. The number of halogens is 1. The molecule has 0 saturated carbocycles. The summed E-state index contributed by atoms with van der Waals surface area (Å²) >= 11 is 0. The Morgan fingerprint density at radius 1 is 1.33 bits per heavy atom. The number of allylic oxidation sites excluding steroid dienone is 1. The number of unbranched alkanes of at least 4 members (excludes halogenated alkanes) is 1. The first kappa shape index (κ1) is 18.0. The van der Waals surface area contributed by atoms with Crippen LogP contribution in [0.5, 0.6) is 0 Å². The Kier molecular flexibility index (Phi) is 7.75. The van der Waals surface area contributed by atoms with Gasteiger partial charge in [0.2, 0.25) is 11.8 Å². The van der Waals surface area contributed by atoms with E-state index in [0.29, 0.717) is 6.42 Å². The molecule has 120 valence electrons. The molecule has 2 aliphatic rings. The van der Waals surface area contributed by atoms with Gasteiger partial charge in [-0.05, 0) is 25.7 Å². The summed E-state index contributed by atoms with van der Waals surface area (Å²) in [5.74, 6) is 0.189. The highest BCUT2D eigenvalue weighted by atomic mass is 35.5. The summed E-state index contributed by atoms with van der Waals surface area (Å²) in [5, 5.41) is 3.18.